The number of ether oxygens (including phenoxy) is 1. The number of hydrogen-bond acceptors (Lipinski definition) is 4. The van der Waals surface area contributed by atoms with Gasteiger partial charge in [0.25, 0.3) is 0 Å². The molecule has 0 saturated heterocycles. The summed E-state index contributed by atoms with van der Waals surface area (Å²) in [7, 11) is -3.68. The van der Waals surface area contributed by atoms with E-state index in [-0.39, 0.29) is 53.7 Å². The van der Waals surface area contributed by atoms with Crippen LogP contribution in [0.25, 0.3) is 0 Å². The van der Waals surface area contributed by atoms with Crippen LogP contribution in [0.15, 0.2) is 52.4 Å². The van der Waals surface area contributed by atoms with Gasteiger partial charge in [-0.15, -0.1) is 37.1 Å². The number of nitrogens with two attached hydrogens (primary N) is 1. The van der Waals surface area contributed by atoms with Gasteiger partial charge in [-0.25, -0.2) is 13.1 Å². The van der Waals surface area contributed by atoms with Crippen LogP contribution in [0, 0.1) is 13.8 Å². The number of benzene rings is 2. The summed E-state index contributed by atoms with van der Waals surface area (Å²) in [4.78, 5) is 4.19. The number of alkyl halides is 3. The number of halogens is 4. The average Bonchev–Trinajstić information content (AvgIpc) is 2.61. The normalized spacial score (nSPS) is 12.2. The second-order valence-corrected chi connectivity index (χ2v) is 7.87. The van der Waals surface area contributed by atoms with Crippen LogP contribution >= 0.6 is 24.0 Å². The van der Waals surface area contributed by atoms with Gasteiger partial charge in [0.2, 0.25) is 10.0 Å². The minimum atomic E-state index is -4.76. The molecule has 0 heterocycles. The fourth-order valence-corrected chi connectivity index (χ4v) is 3.71. The van der Waals surface area contributed by atoms with E-state index in [0.29, 0.717) is 11.3 Å². The van der Waals surface area contributed by atoms with Crippen molar-refractivity contribution in [2.24, 2.45) is 10.7 Å². The molecule has 2 aromatic rings. The van der Waals surface area contributed by atoms with Crippen LogP contribution in [-0.2, 0) is 10.0 Å². The fourth-order valence-electron chi connectivity index (χ4n) is 2.36. The highest BCUT2D eigenvalue weighted by Gasteiger charge is 2.30. The van der Waals surface area contributed by atoms with Crippen molar-refractivity contribution in [1.29, 1.82) is 0 Å². The monoisotopic (exact) mass is 558 g/mol. The van der Waals surface area contributed by atoms with Gasteiger partial charge in [-0.1, -0.05) is 12.1 Å². The molecule has 7 nitrogen and oxygen atoms in total. The first-order valence-electron chi connectivity index (χ1n) is 8.46. The minimum absolute atomic E-state index is 0. The minimum Gasteiger partial charge on any atom is -0.406 e. The molecule has 30 heavy (non-hydrogen) atoms. The van der Waals surface area contributed by atoms with E-state index in [0.717, 1.165) is 17.7 Å². The molecule has 0 aliphatic rings. The largest absolute Gasteiger partial charge is 0.573 e. The second kappa shape index (κ2) is 10.8. The number of anilines is 1. The Morgan fingerprint density at radius 2 is 1.77 bits per heavy atom. The lowest BCUT2D eigenvalue weighted by atomic mass is 10.2. The number of aliphatic imine (C=N–C) groups is 1. The molecule has 0 bridgehead atoms. The number of sulfonamides is 1. The van der Waals surface area contributed by atoms with Crippen LogP contribution in [0.4, 0.5) is 18.9 Å². The van der Waals surface area contributed by atoms with E-state index >= 15 is 0 Å². The van der Waals surface area contributed by atoms with Gasteiger partial charge in [0, 0.05) is 12.2 Å². The van der Waals surface area contributed by atoms with Gasteiger partial charge in [0.05, 0.1) is 11.4 Å². The summed E-state index contributed by atoms with van der Waals surface area (Å²) in [5.74, 6) is -0.375. The summed E-state index contributed by atoms with van der Waals surface area (Å²) in [6, 6.07) is 10.1. The summed E-state index contributed by atoms with van der Waals surface area (Å²) in [6.07, 6.45) is -4.76. The highest BCUT2D eigenvalue weighted by atomic mass is 127. The van der Waals surface area contributed by atoms with Crippen molar-refractivity contribution in [3.05, 3.63) is 53.6 Å². The van der Waals surface area contributed by atoms with Gasteiger partial charge in [-0.3, -0.25) is 4.99 Å². The summed E-state index contributed by atoms with van der Waals surface area (Å²) >= 11 is 0. The smallest absolute Gasteiger partial charge is 0.406 e. The van der Waals surface area contributed by atoms with Crippen molar-refractivity contribution in [3.63, 3.8) is 0 Å². The quantitative estimate of drug-likeness (QED) is 0.209. The summed E-state index contributed by atoms with van der Waals surface area (Å²) in [5.41, 5.74) is 7.56. The van der Waals surface area contributed by atoms with E-state index in [9.17, 15) is 21.6 Å². The summed E-state index contributed by atoms with van der Waals surface area (Å²) in [6.45, 7) is 3.60. The Labute approximate surface area is 190 Å². The molecule has 0 amide bonds. The van der Waals surface area contributed by atoms with Crippen molar-refractivity contribution in [2.45, 2.75) is 25.1 Å². The molecule has 0 spiro atoms. The number of hydrogen-bond donors (Lipinski definition) is 3. The molecular formula is C18H22F3IN4O3S. The van der Waals surface area contributed by atoms with Crippen molar-refractivity contribution >= 4 is 45.6 Å². The number of nitrogens with zero attached hydrogens (tertiary/aromatic N) is 1. The Morgan fingerprint density at radius 1 is 1.13 bits per heavy atom. The predicted octanol–water partition coefficient (Wildman–Crippen LogP) is 3.53. The standard InChI is InChI=1S/C18H21F3N4O3S.HI/c1-12-3-4-13(2)16(11-12)29(26,27)24-10-9-23-17(22)25-14-5-7-15(8-6-14)28-18(19,20)21;/h3-8,11,24H,9-10H2,1-2H3,(H3,22,23,25);1H. The zero-order valence-corrected chi connectivity index (χ0v) is 19.3. The molecule has 166 valence electrons. The van der Waals surface area contributed by atoms with Crippen LogP contribution in [0.2, 0.25) is 0 Å². The summed E-state index contributed by atoms with van der Waals surface area (Å²) in [5, 5.41) is 2.69. The Balaban J connectivity index is 0.00000450. The number of guanidine groups is 1. The zero-order chi connectivity index (χ0) is 21.7. The second-order valence-electron chi connectivity index (χ2n) is 6.13. The average molecular weight is 558 g/mol. The molecule has 0 aromatic heterocycles. The number of nitrogens with one attached hydrogen (secondary N) is 2. The lowest BCUT2D eigenvalue weighted by Crippen LogP contribution is -2.29. The first kappa shape index (κ1) is 26.0. The van der Waals surface area contributed by atoms with E-state index in [1.807, 2.05) is 6.07 Å². The third-order valence-electron chi connectivity index (χ3n) is 3.68. The fraction of sp³-hybridized carbons (Fsp3) is 0.278. The van der Waals surface area contributed by atoms with Gasteiger partial charge >= 0.3 is 6.36 Å². The Hall–Kier alpha value is -2.06. The van der Waals surface area contributed by atoms with Crippen molar-refractivity contribution in [3.8, 4) is 5.75 Å². The van der Waals surface area contributed by atoms with Crippen molar-refractivity contribution in [1.82, 2.24) is 4.72 Å². The summed E-state index contributed by atoms with van der Waals surface area (Å²) < 4.78 is 67.4. The lowest BCUT2D eigenvalue weighted by Gasteiger charge is -2.11. The molecule has 0 aliphatic heterocycles. The Bertz CT molecular complexity index is 981. The Morgan fingerprint density at radius 3 is 2.37 bits per heavy atom. The van der Waals surface area contributed by atoms with Gasteiger partial charge in [0.1, 0.15) is 5.75 Å². The third-order valence-corrected chi connectivity index (χ3v) is 5.28. The number of aryl methyl sites for hydroxylation is 2. The molecule has 0 aliphatic carbocycles. The predicted molar refractivity (Wildman–Crippen MR) is 120 cm³/mol. The molecule has 0 unspecified atom stereocenters. The van der Waals surface area contributed by atoms with E-state index in [1.54, 1.807) is 26.0 Å². The zero-order valence-electron chi connectivity index (χ0n) is 16.2. The maximum Gasteiger partial charge on any atom is 0.573 e. The maximum atomic E-state index is 12.4. The van der Waals surface area contributed by atoms with Crippen LogP contribution < -0.4 is 20.5 Å². The molecule has 2 aromatic carbocycles. The first-order valence-corrected chi connectivity index (χ1v) is 9.94. The van der Waals surface area contributed by atoms with Crippen molar-refractivity contribution in [2.75, 3.05) is 18.4 Å². The molecule has 12 heteroatoms. The number of rotatable bonds is 7. The van der Waals surface area contributed by atoms with Gasteiger partial charge in [0.15, 0.2) is 5.96 Å². The van der Waals surface area contributed by atoms with Crippen molar-refractivity contribution < 1.29 is 26.3 Å². The topological polar surface area (TPSA) is 106 Å². The molecule has 0 atom stereocenters. The molecule has 0 radical (unpaired) electrons. The van der Waals surface area contributed by atoms with E-state index in [2.05, 4.69) is 19.8 Å². The molecule has 2 rings (SSSR count). The van der Waals surface area contributed by atoms with E-state index in [1.165, 1.54) is 12.1 Å². The van der Waals surface area contributed by atoms with E-state index in [4.69, 9.17) is 5.73 Å². The molecule has 0 fully saturated rings. The van der Waals surface area contributed by atoms with Crippen LogP contribution in [0.5, 0.6) is 5.75 Å². The molecule has 4 N–H and O–H groups in total. The van der Waals surface area contributed by atoms with Crippen LogP contribution in [-0.4, -0.2) is 33.8 Å². The molecular weight excluding hydrogens is 536 g/mol. The van der Waals surface area contributed by atoms with Crippen LogP contribution in [0.1, 0.15) is 11.1 Å². The van der Waals surface area contributed by atoms with E-state index < -0.39 is 16.4 Å². The third kappa shape index (κ3) is 8.36. The Kier molecular flexibility index (Phi) is 9.36. The van der Waals surface area contributed by atoms with Gasteiger partial charge in [-0.05, 0) is 55.3 Å². The van der Waals surface area contributed by atoms with Gasteiger partial charge < -0.3 is 15.8 Å². The first-order chi connectivity index (χ1) is 13.5. The lowest BCUT2D eigenvalue weighted by molar-refractivity contribution is -0.274. The maximum absolute atomic E-state index is 12.4. The highest BCUT2D eigenvalue weighted by molar-refractivity contribution is 14.0. The SMILES string of the molecule is Cc1ccc(C)c(S(=O)(=O)NCCN=C(N)Nc2ccc(OC(F)(F)F)cc2)c1.I. The van der Waals surface area contributed by atoms with Crippen LogP contribution in [0.3, 0.4) is 0 Å². The molecule has 0 saturated carbocycles. The highest BCUT2D eigenvalue weighted by Crippen LogP contribution is 2.23. The van der Waals surface area contributed by atoms with Gasteiger partial charge in [-0.2, -0.15) is 0 Å².